The van der Waals surface area contributed by atoms with Crippen LogP contribution in [0.4, 0.5) is 0 Å². The van der Waals surface area contributed by atoms with E-state index in [9.17, 15) is 4.79 Å². The van der Waals surface area contributed by atoms with Gasteiger partial charge in [0.2, 0.25) is 0 Å². The van der Waals surface area contributed by atoms with Crippen molar-refractivity contribution >= 4 is 6.29 Å². The van der Waals surface area contributed by atoms with Crippen LogP contribution in [-0.4, -0.2) is 30.3 Å². The lowest BCUT2D eigenvalue weighted by molar-refractivity contribution is -0.117. The van der Waals surface area contributed by atoms with Crippen molar-refractivity contribution in [1.29, 1.82) is 0 Å². The zero-order valence-electron chi connectivity index (χ0n) is 12.2. The minimum atomic E-state index is -0.153. The first kappa shape index (κ1) is 14.7. The van der Waals surface area contributed by atoms with Gasteiger partial charge in [-0.2, -0.15) is 0 Å². The molecule has 0 N–H and O–H groups in total. The van der Waals surface area contributed by atoms with Crippen LogP contribution in [0.25, 0.3) is 0 Å². The van der Waals surface area contributed by atoms with Crippen molar-refractivity contribution in [2.75, 3.05) is 13.1 Å². The first-order chi connectivity index (χ1) is 7.91. The first-order valence-electron chi connectivity index (χ1n) is 7.12. The molecule has 2 heteroatoms. The summed E-state index contributed by atoms with van der Waals surface area (Å²) < 4.78 is 0. The average molecular weight is 239 g/mol. The maximum absolute atomic E-state index is 11.3. The highest BCUT2D eigenvalue weighted by Crippen LogP contribution is 2.31. The topological polar surface area (TPSA) is 20.3 Å². The highest BCUT2D eigenvalue weighted by molar-refractivity contribution is 5.59. The summed E-state index contributed by atoms with van der Waals surface area (Å²) in [6.45, 7) is 13.3. The Balaban J connectivity index is 2.67. The van der Waals surface area contributed by atoms with Crippen molar-refractivity contribution in [3.05, 3.63) is 0 Å². The molecule has 0 amide bonds. The van der Waals surface area contributed by atoms with E-state index >= 15 is 0 Å². The number of hydrogen-bond acceptors (Lipinski definition) is 2. The number of nitrogens with zero attached hydrogens (tertiary/aromatic N) is 1. The quantitative estimate of drug-likeness (QED) is 0.686. The molecule has 0 aliphatic carbocycles. The molecule has 0 aromatic carbocycles. The molecule has 0 aromatic heterocycles. The molecule has 17 heavy (non-hydrogen) atoms. The minimum absolute atomic E-state index is 0.153. The molecule has 4 unspecified atom stereocenters. The summed E-state index contributed by atoms with van der Waals surface area (Å²) in [6.07, 6.45) is 4.58. The van der Waals surface area contributed by atoms with Crippen LogP contribution in [0, 0.1) is 17.3 Å². The summed E-state index contributed by atoms with van der Waals surface area (Å²) in [5.41, 5.74) is -0.153. The van der Waals surface area contributed by atoms with Crippen LogP contribution < -0.4 is 0 Å². The van der Waals surface area contributed by atoms with Crippen LogP contribution in [0.1, 0.15) is 53.9 Å². The van der Waals surface area contributed by atoms with Crippen LogP contribution in [0.3, 0.4) is 0 Å². The van der Waals surface area contributed by atoms with E-state index in [1.54, 1.807) is 0 Å². The standard InChI is InChI=1S/C15H29NO/c1-6-7-15(5,11-17)10-16-9-12(2)8-13(3)14(16)4/h11-14H,6-10H2,1-5H3. The van der Waals surface area contributed by atoms with Gasteiger partial charge in [0.05, 0.1) is 0 Å². The van der Waals surface area contributed by atoms with Gasteiger partial charge in [-0.15, -0.1) is 0 Å². The molecule has 100 valence electrons. The fourth-order valence-electron chi connectivity index (χ4n) is 3.25. The van der Waals surface area contributed by atoms with Gasteiger partial charge < -0.3 is 4.79 Å². The Morgan fingerprint density at radius 3 is 2.53 bits per heavy atom. The van der Waals surface area contributed by atoms with Crippen molar-refractivity contribution in [1.82, 2.24) is 4.90 Å². The van der Waals surface area contributed by atoms with E-state index in [0.717, 1.165) is 37.8 Å². The van der Waals surface area contributed by atoms with Crippen molar-refractivity contribution in [2.24, 2.45) is 17.3 Å². The predicted octanol–water partition coefficient (Wildman–Crippen LogP) is 3.36. The molecular formula is C15H29NO. The smallest absolute Gasteiger partial charge is 0.127 e. The van der Waals surface area contributed by atoms with Crippen molar-refractivity contribution < 1.29 is 4.79 Å². The third-order valence-electron chi connectivity index (χ3n) is 4.39. The molecular weight excluding hydrogens is 210 g/mol. The number of carbonyl (C=O) groups is 1. The Kier molecular flexibility index (Phi) is 5.18. The van der Waals surface area contributed by atoms with Gasteiger partial charge in [-0.05, 0) is 31.6 Å². The van der Waals surface area contributed by atoms with Gasteiger partial charge >= 0.3 is 0 Å². The fraction of sp³-hybridized carbons (Fsp3) is 0.933. The second kappa shape index (κ2) is 5.99. The number of rotatable bonds is 5. The van der Waals surface area contributed by atoms with E-state index in [2.05, 4.69) is 39.5 Å². The van der Waals surface area contributed by atoms with Crippen molar-refractivity contribution in [3.63, 3.8) is 0 Å². The van der Waals surface area contributed by atoms with Crippen LogP contribution in [0.5, 0.6) is 0 Å². The second-order valence-electron chi connectivity index (χ2n) is 6.51. The maximum atomic E-state index is 11.3. The summed E-state index contributed by atoms with van der Waals surface area (Å²) in [4.78, 5) is 13.9. The average Bonchev–Trinajstić information content (AvgIpc) is 2.25. The molecule has 1 aliphatic heterocycles. The van der Waals surface area contributed by atoms with E-state index < -0.39 is 0 Å². The SMILES string of the molecule is CCCC(C)(C=O)CN1CC(C)CC(C)C1C. The Labute approximate surface area is 107 Å². The summed E-state index contributed by atoms with van der Waals surface area (Å²) in [6, 6.07) is 0.613. The molecule has 1 rings (SSSR count). The first-order valence-corrected chi connectivity index (χ1v) is 7.12. The predicted molar refractivity (Wildman–Crippen MR) is 73.1 cm³/mol. The Morgan fingerprint density at radius 2 is 2.00 bits per heavy atom. The minimum Gasteiger partial charge on any atom is -0.303 e. The van der Waals surface area contributed by atoms with Gasteiger partial charge in [0.25, 0.3) is 0 Å². The maximum Gasteiger partial charge on any atom is 0.127 e. The van der Waals surface area contributed by atoms with E-state index in [4.69, 9.17) is 0 Å². The van der Waals surface area contributed by atoms with Gasteiger partial charge in [0.1, 0.15) is 6.29 Å². The monoisotopic (exact) mass is 239 g/mol. The van der Waals surface area contributed by atoms with E-state index in [1.165, 1.54) is 12.7 Å². The van der Waals surface area contributed by atoms with E-state index in [-0.39, 0.29) is 5.41 Å². The third kappa shape index (κ3) is 3.80. The molecule has 1 fully saturated rings. The van der Waals surface area contributed by atoms with Gasteiger partial charge in [0.15, 0.2) is 0 Å². The number of carbonyl (C=O) groups excluding carboxylic acids is 1. The lowest BCUT2D eigenvalue weighted by atomic mass is 9.81. The van der Waals surface area contributed by atoms with E-state index in [0.29, 0.717) is 6.04 Å². The number of likely N-dealkylation sites (tertiary alicyclic amines) is 1. The number of hydrogen-bond donors (Lipinski definition) is 0. The summed E-state index contributed by atoms with van der Waals surface area (Å²) in [7, 11) is 0. The Morgan fingerprint density at radius 1 is 1.35 bits per heavy atom. The molecule has 1 aliphatic rings. The zero-order chi connectivity index (χ0) is 13.1. The Bertz CT molecular complexity index is 253. The highest BCUT2D eigenvalue weighted by atomic mass is 16.1. The molecule has 0 bridgehead atoms. The number of aldehydes is 1. The van der Waals surface area contributed by atoms with Crippen LogP contribution in [0.15, 0.2) is 0 Å². The van der Waals surface area contributed by atoms with Gasteiger partial charge in [0, 0.05) is 24.5 Å². The second-order valence-corrected chi connectivity index (χ2v) is 6.51. The van der Waals surface area contributed by atoms with Gasteiger partial charge in [-0.25, -0.2) is 0 Å². The molecule has 2 nitrogen and oxygen atoms in total. The summed E-state index contributed by atoms with van der Waals surface area (Å²) in [5, 5.41) is 0. The summed E-state index contributed by atoms with van der Waals surface area (Å²) >= 11 is 0. The van der Waals surface area contributed by atoms with Gasteiger partial charge in [-0.1, -0.05) is 34.1 Å². The Hall–Kier alpha value is -0.370. The highest BCUT2D eigenvalue weighted by Gasteiger charge is 2.33. The van der Waals surface area contributed by atoms with Crippen molar-refractivity contribution in [2.45, 2.75) is 59.9 Å². The largest absolute Gasteiger partial charge is 0.303 e. The lowest BCUT2D eigenvalue weighted by Crippen LogP contribution is -2.50. The van der Waals surface area contributed by atoms with E-state index in [1.807, 2.05) is 0 Å². The molecule has 0 radical (unpaired) electrons. The summed E-state index contributed by atoms with van der Waals surface area (Å²) in [5.74, 6) is 1.51. The normalized spacial score (nSPS) is 34.3. The molecule has 0 aromatic rings. The molecule has 0 spiro atoms. The molecule has 4 atom stereocenters. The number of piperidine rings is 1. The van der Waals surface area contributed by atoms with Crippen molar-refractivity contribution in [3.8, 4) is 0 Å². The molecule has 1 saturated heterocycles. The molecule has 1 heterocycles. The molecule has 0 saturated carbocycles. The van der Waals surface area contributed by atoms with Crippen LogP contribution >= 0.6 is 0 Å². The zero-order valence-corrected chi connectivity index (χ0v) is 12.2. The van der Waals surface area contributed by atoms with Crippen LogP contribution in [-0.2, 0) is 4.79 Å². The lowest BCUT2D eigenvalue weighted by Gasteiger charge is -2.44. The third-order valence-corrected chi connectivity index (χ3v) is 4.39. The van der Waals surface area contributed by atoms with Gasteiger partial charge in [-0.3, -0.25) is 4.90 Å². The fourth-order valence-corrected chi connectivity index (χ4v) is 3.25. The van der Waals surface area contributed by atoms with Crippen LogP contribution in [0.2, 0.25) is 0 Å².